The molecule has 3 aromatic rings. The lowest BCUT2D eigenvalue weighted by Crippen LogP contribution is -2.45. The highest BCUT2D eigenvalue weighted by Gasteiger charge is 2.30. The zero-order valence-corrected chi connectivity index (χ0v) is 19.3. The highest BCUT2D eigenvalue weighted by Crippen LogP contribution is 2.39. The van der Waals surface area contributed by atoms with Crippen LogP contribution in [-0.2, 0) is 0 Å². The predicted octanol–water partition coefficient (Wildman–Crippen LogP) is 5.44. The minimum absolute atomic E-state index is 0.0319. The Balaban J connectivity index is 1.55. The summed E-state index contributed by atoms with van der Waals surface area (Å²) in [5, 5.41) is 15.5. The first-order valence-corrected chi connectivity index (χ1v) is 10.7. The van der Waals surface area contributed by atoms with Gasteiger partial charge in [-0.2, -0.15) is 5.10 Å². The van der Waals surface area contributed by atoms with Crippen molar-refractivity contribution in [3.05, 3.63) is 75.0 Å². The fourth-order valence-electron chi connectivity index (χ4n) is 4.43. The van der Waals surface area contributed by atoms with Crippen LogP contribution in [0.2, 0.25) is 0 Å². The molecule has 0 saturated carbocycles. The maximum Gasteiger partial charge on any atom is 0.307 e. The number of likely N-dealkylation sites (N-methyl/N-ethyl adjacent to an activating group) is 1. The van der Waals surface area contributed by atoms with E-state index < -0.39 is 10.8 Å². The van der Waals surface area contributed by atoms with Crippen LogP contribution in [0.4, 0.5) is 11.4 Å². The number of amides is 1. The summed E-state index contributed by atoms with van der Waals surface area (Å²) >= 11 is 0. The fraction of sp³-hybridized carbons (Fsp3) is 0.280. The molecule has 8 heteroatoms. The van der Waals surface area contributed by atoms with E-state index in [9.17, 15) is 14.9 Å². The van der Waals surface area contributed by atoms with Gasteiger partial charge in [0, 0.05) is 35.3 Å². The number of hydrogen-bond acceptors (Lipinski definition) is 6. The lowest BCUT2D eigenvalue weighted by molar-refractivity contribution is -0.384. The van der Waals surface area contributed by atoms with Crippen LogP contribution in [0.3, 0.4) is 0 Å². The number of rotatable bonds is 5. The van der Waals surface area contributed by atoms with Gasteiger partial charge in [-0.1, -0.05) is 6.08 Å². The Bertz CT molecular complexity index is 1330. The molecule has 1 aromatic heterocycles. The molecule has 2 heterocycles. The molecule has 8 nitrogen and oxygen atoms in total. The number of carbonyl (C=O) groups excluding carboxylic acids is 1. The van der Waals surface area contributed by atoms with E-state index >= 15 is 0 Å². The standard InChI is InChI=1S/C25H26N4O4/c1-6-28-21-9-15(2)18(11-20(21)16(3)13-25(28,4)5)14-26-27-24(30)23-12-17-10-19(29(31)32)7-8-22(17)33-23/h7-14H,6H2,1-5H3,(H,27,30)/b26-14-. The third-order valence-corrected chi connectivity index (χ3v) is 5.99. The van der Waals surface area contributed by atoms with Crippen LogP contribution in [0.1, 0.15) is 54.9 Å². The number of fused-ring (bicyclic) bond motifs is 2. The van der Waals surface area contributed by atoms with Crippen molar-refractivity contribution in [1.29, 1.82) is 0 Å². The largest absolute Gasteiger partial charge is 0.451 e. The third-order valence-electron chi connectivity index (χ3n) is 5.99. The number of aryl methyl sites for hydroxylation is 1. The summed E-state index contributed by atoms with van der Waals surface area (Å²) in [6, 6.07) is 9.89. The number of nitrogens with zero attached hydrogens (tertiary/aromatic N) is 3. The number of anilines is 1. The normalized spacial score (nSPS) is 14.9. The van der Waals surface area contributed by atoms with E-state index in [0.717, 1.165) is 23.2 Å². The molecule has 1 amide bonds. The summed E-state index contributed by atoms with van der Waals surface area (Å²) in [6.45, 7) is 11.6. The maximum atomic E-state index is 12.5. The molecule has 33 heavy (non-hydrogen) atoms. The minimum Gasteiger partial charge on any atom is -0.451 e. The van der Waals surface area contributed by atoms with Crippen molar-refractivity contribution < 1.29 is 14.1 Å². The second kappa shape index (κ2) is 8.20. The van der Waals surface area contributed by atoms with Gasteiger partial charge in [-0.25, -0.2) is 5.43 Å². The van der Waals surface area contributed by atoms with Gasteiger partial charge in [-0.3, -0.25) is 14.9 Å². The Labute approximate surface area is 191 Å². The van der Waals surface area contributed by atoms with Gasteiger partial charge in [0.25, 0.3) is 5.69 Å². The Kier molecular flexibility index (Phi) is 5.53. The first-order chi connectivity index (χ1) is 15.6. The van der Waals surface area contributed by atoms with Gasteiger partial charge in [0.05, 0.1) is 16.7 Å². The quantitative estimate of drug-likeness (QED) is 0.320. The molecule has 0 spiro atoms. The molecular formula is C25H26N4O4. The van der Waals surface area contributed by atoms with Crippen LogP contribution in [-0.4, -0.2) is 29.1 Å². The maximum absolute atomic E-state index is 12.5. The lowest BCUT2D eigenvalue weighted by Gasteiger charge is -2.43. The Hall–Kier alpha value is -3.94. The number of carbonyl (C=O) groups is 1. The average Bonchev–Trinajstić information content (AvgIpc) is 3.17. The zero-order valence-electron chi connectivity index (χ0n) is 19.3. The summed E-state index contributed by atoms with van der Waals surface area (Å²) in [7, 11) is 0. The Morgan fingerprint density at radius 1 is 1.24 bits per heavy atom. The summed E-state index contributed by atoms with van der Waals surface area (Å²) in [4.78, 5) is 25.3. The Morgan fingerprint density at radius 2 is 2.00 bits per heavy atom. The summed E-state index contributed by atoms with van der Waals surface area (Å²) in [5.74, 6) is -0.500. The van der Waals surface area contributed by atoms with Crippen LogP contribution in [0.5, 0.6) is 0 Å². The summed E-state index contributed by atoms with van der Waals surface area (Å²) in [6.07, 6.45) is 3.88. The molecule has 0 unspecified atom stereocenters. The highest BCUT2D eigenvalue weighted by atomic mass is 16.6. The monoisotopic (exact) mass is 446 g/mol. The van der Waals surface area contributed by atoms with Gasteiger partial charge in [0.1, 0.15) is 5.58 Å². The van der Waals surface area contributed by atoms with Crippen molar-refractivity contribution >= 4 is 40.0 Å². The molecule has 0 radical (unpaired) electrons. The van der Waals surface area contributed by atoms with Crippen molar-refractivity contribution in [3.63, 3.8) is 0 Å². The molecule has 0 atom stereocenters. The molecule has 170 valence electrons. The molecule has 0 aliphatic carbocycles. The average molecular weight is 447 g/mol. The first-order valence-electron chi connectivity index (χ1n) is 10.7. The van der Waals surface area contributed by atoms with Crippen molar-refractivity contribution in [3.8, 4) is 0 Å². The summed E-state index contributed by atoms with van der Waals surface area (Å²) < 4.78 is 5.50. The number of hydrazone groups is 1. The van der Waals surface area contributed by atoms with E-state index in [2.05, 4.69) is 61.3 Å². The molecule has 0 bridgehead atoms. The minimum atomic E-state index is -0.532. The second-order valence-electron chi connectivity index (χ2n) is 8.74. The van der Waals surface area contributed by atoms with Crippen LogP contribution >= 0.6 is 0 Å². The predicted molar refractivity (Wildman–Crippen MR) is 130 cm³/mol. The number of furan rings is 1. The van der Waals surface area contributed by atoms with Gasteiger partial charge in [0.15, 0.2) is 5.76 Å². The van der Waals surface area contributed by atoms with Gasteiger partial charge in [-0.05, 0) is 75.6 Å². The van der Waals surface area contributed by atoms with E-state index in [0.29, 0.717) is 11.0 Å². The topological polar surface area (TPSA) is 101 Å². The number of nitrogens with one attached hydrogen (secondary N) is 1. The zero-order chi connectivity index (χ0) is 23.9. The van der Waals surface area contributed by atoms with Crippen LogP contribution in [0.25, 0.3) is 16.5 Å². The van der Waals surface area contributed by atoms with Crippen molar-refractivity contribution in [2.45, 2.75) is 40.2 Å². The van der Waals surface area contributed by atoms with E-state index in [4.69, 9.17) is 4.42 Å². The van der Waals surface area contributed by atoms with Gasteiger partial charge in [0.2, 0.25) is 0 Å². The molecule has 2 aromatic carbocycles. The number of nitro benzene ring substituents is 1. The molecule has 1 aliphatic rings. The van der Waals surface area contributed by atoms with E-state index in [1.807, 2.05) is 6.92 Å². The van der Waals surface area contributed by atoms with Crippen molar-refractivity contribution in [2.24, 2.45) is 5.10 Å². The number of allylic oxidation sites excluding steroid dienone is 1. The third kappa shape index (κ3) is 4.11. The molecule has 0 fully saturated rings. The van der Waals surface area contributed by atoms with Gasteiger partial charge < -0.3 is 9.32 Å². The number of benzene rings is 2. The fourth-order valence-corrected chi connectivity index (χ4v) is 4.43. The SMILES string of the molecule is CCN1c2cc(C)c(/C=N\NC(=O)c3cc4cc([N+](=O)[O-])ccc4o3)cc2C(C)=CC1(C)C. The van der Waals surface area contributed by atoms with Crippen molar-refractivity contribution in [2.75, 3.05) is 11.4 Å². The van der Waals surface area contributed by atoms with Gasteiger partial charge in [-0.15, -0.1) is 0 Å². The van der Waals surface area contributed by atoms with Crippen LogP contribution in [0, 0.1) is 17.0 Å². The molecular weight excluding hydrogens is 420 g/mol. The number of nitro groups is 1. The van der Waals surface area contributed by atoms with Gasteiger partial charge >= 0.3 is 5.91 Å². The molecule has 1 N–H and O–H groups in total. The number of non-ortho nitro benzene ring substituents is 1. The van der Waals surface area contributed by atoms with Crippen LogP contribution in [0.15, 0.2) is 52.0 Å². The van der Waals surface area contributed by atoms with E-state index in [1.54, 1.807) is 6.21 Å². The molecule has 4 rings (SSSR count). The number of hydrogen-bond donors (Lipinski definition) is 1. The first kappa shape index (κ1) is 22.3. The lowest BCUT2D eigenvalue weighted by atomic mass is 9.87. The van der Waals surface area contributed by atoms with E-state index in [-0.39, 0.29) is 17.0 Å². The highest BCUT2D eigenvalue weighted by molar-refractivity contribution is 5.97. The summed E-state index contributed by atoms with van der Waals surface area (Å²) in [5.41, 5.74) is 8.24. The molecule has 1 aliphatic heterocycles. The van der Waals surface area contributed by atoms with Crippen LogP contribution < -0.4 is 10.3 Å². The second-order valence-corrected chi connectivity index (χ2v) is 8.74. The smallest absolute Gasteiger partial charge is 0.307 e. The van der Waals surface area contributed by atoms with Crippen molar-refractivity contribution in [1.82, 2.24) is 5.43 Å². The molecule has 0 saturated heterocycles. The Morgan fingerprint density at radius 3 is 2.70 bits per heavy atom. The van der Waals surface area contributed by atoms with E-state index in [1.165, 1.54) is 35.5 Å².